The molecule has 24 heavy (non-hydrogen) atoms. The number of halogens is 2. The van der Waals surface area contributed by atoms with Crippen molar-refractivity contribution >= 4 is 35.3 Å². The van der Waals surface area contributed by atoms with Crippen LogP contribution in [0.3, 0.4) is 0 Å². The molecule has 0 spiro atoms. The largest absolute Gasteiger partial charge is 0.508 e. The van der Waals surface area contributed by atoms with Gasteiger partial charge in [-0.05, 0) is 54.4 Å². The van der Waals surface area contributed by atoms with Crippen LogP contribution in [-0.2, 0) is 4.79 Å². The first kappa shape index (κ1) is 18.1. The van der Waals surface area contributed by atoms with Gasteiger partial charge in [0.15, 0.2) is 0 Å². The van der Waals surface area contributed by atoms with E-state index in [1.54, 1.807) is 42.5 Å². The molecule has 0 unspecified atom stereocenters. The van der Waals surface area contributed by atoms with Gasteiger partial charge in [-0.2, -0.15) is 5.10 Å². The summed E-state index contributed by atoms with van der Waals surface area (Å²) in [7, 11) is 0. The summed E-state index contributed by atoms with van der Waals surface area (Å²) < 4.78 is 5.49. The molecule has 2 aromatic rings. The summed E-state index contributed by atoms with van der Waals surface area (Å²) in [6.07, 6.45) is 2.30. The zero-order chi connectivity index (χ0) is 17.4. The highest BCUT2D eigenvalue weighted by Gasteiger charge is 2.04. The Morgan fingerprint density at radius 3 is 2.67 bits per heavy atom. The number of hydrogen-bond donors (Lipinski definition) is 2. The predicted octanol–water partition coefficient (Wildman–Crippen LogP) is 4.01. The van der Waals surface area contributed by atoms with E-state index in [0.29, 0.717) is 28.8 Å². The van der Waals surface area contributed by atoms with Gasteiger partial charge in [0.1, 0.15) is 11.5 Å². The van der Waals surface area contributed by atoms with E-state index in [4.69, 9.17) is 33.0 Å². The summed E-state index contributed by atoms with van der Waals surface area (Å²) in [5.41, 5.74) is 3.20. The molecule has 0 atom stereocenters. The van der Waals surface area contributed by atoms with Gasteiger partial charge in [-0.15, -0.1) is 0 Å². The summed E-state index contributed by atoms with van der Waals surface area (Å²) in [6, 6.07) is 11.4. The normalized spacial score (nSPS) is 10.8. The minimum absolute atomic E-state index is 0.178. The summed E-state index contributed by atoms with van der Waals surface area (Å²) in [5, 5.41) is 14.0. The molecule has 2 rings (SSSR count). The van der Waals surface area contributed by atoms with Crippen LogP contribution in [0.2, 0.25) is 10.0 Å². The number of carbonyl (C=O) groups excluding carboxylic acids is 1. The van der Waals surface area contributed by atoms with Crippen molar-refractivity contribution < 1.29 is 14.6 Å². The highest BCUT2D eigenvalue weighted by Crippen LogP contribution is 2.27. The van der Waals surface area contributed by atoms with Crippen molar-refractivity contribution in [3.8, 4) is 11.5 Å². The van der Waals surface area contributed by atoms with Crippen LogP contribution >= 0.6 is 23.2 Å². The summed E-state index contributed by atoms with van der Waals surface area (Å²) in [4.78, 5) is 11.6. The topological polar surface area (TPSA) is 70.9 Å². The molecule has 0 heterocycles. The fourth-order valence-electron chi connectivity index (χ4n) is 1.80. The van der Waals surface area contributed by atoms with Gasteiger partial charge in [-0.25, -0.2) is 5.43 Å². The monoisotopic (exact) mass is 366 g/mol. The van der Waals surface area contributed by atoms with Gasteiger partial charge >= 0.3 is 0 Å². The first-order valence-corrected chi connectivity index (χ1v) is 7.99. The first-order valence-electron chi connectivity index (χ1n) is 7.23. The van der Waals surface area contributed by atoms with Crippen molar-refractivity contribution in [2.75, 3.05) is 6.61 Å². The number of hydrazone groups is 1. The smallest absolute Gasteiger partial charge is 0.240 e. The molecule has 5 nitrogen and oxygen atoms in total. The van der Waals surface area contributed by atoms with Crippen molar-refractivity contribution in [3.63, 3.8) is 0 Å². The molecule has 1 amide bonds. The van der Waals surface area contributed by atoms with Crippen LogP contribution in [0.15, 0.2) is 47.6 Å². The van der Waals surface area contributed by atoms with Gasteiger partial charge in [-0.1, -0.05) is 23.2 Å². The van der Waals surface area contributed by atoms with E-state index >= 15 is 0 Å². The van der Waals surface area contributed by atoms with Crippen molar-refractivity contribution in [1.82, 2.24) is 5.43 Å². The third kappa shape index (κ3) is 6.10. The molecule has 0 saturated heterocycles. The number of hydrogen-bond acceptors (Lipinski definition) is 4. The predicted molar refractivity (Wildman–Crippen MR) is 95.0 cm³/mol. The first-order chi connectivity index (χ1) is 11.5. The van der Waals surface area contributed by atoms with Crippen molar-refractivity contribution in [3.05, 3.63) is 58.1 Å². The lowest BCUT2D eigenvalue weighted by Gasteiger charge is -2.07. The summed E-state index contributed by atoms with van der Waals surface area (Å²) in [6.45, 7) is 0.358. The molecular weight excluding hydrogens is 351 g/mol. The molecule has 126 valence electrons. The Hall–Kier alpha value is -2.24. The molecule has 2 aromatic carbocycles. The van der Waals surface area contributed by atoms with E-state index in [9.17, 15) is 4.79 Å². The van der Waals surface area contributed by atoms with E-state index in [0.717, 1.165) is 5.56 Å². The Labute approximate surface area is 149 Å². The summed E-state index contributed by atoms with van der Waals surface area (Å²) >= 11 is 11.8. The van der Waals surface area contributed by atoms with E-state index in [1.165, 1.54) is 6.21 Å². The number of ether oxygens (including phenoxy) is 1. The zero-order valence-corrected chi connectivity index (χ0v) is 14.2. The maximum atomic E-state index is 11.6. The second-order valence-corrected chi connectivity index (χ2v) is 5.76. The standard InChI is InChI=1S/C17H16Cl2N2O3/c18-13-5-8-16(15(19)10-13)24-9-1-2-17(23)21-20-11-12-3-6-14(22)7-4-12/h3-8,10-11,22H,1-2,9H2,(H,21,23). The van der Waals surface area contributed by atoms with Gasteiger partial charge in [0, 0.05) is 11.4 Å². The molecule has 0 aromatic heterocycles. The number of phenols is 1. The highest BCUT2D eigenvalue weighted by molar-refractivity contribution is 6.35. The number of aromatic hydroxyl groups is 1. The molecule has 7 heteroatoms. The zero-order valence-electron chi connectivity index (χ0n) is 12.7. The van der Waals surface area contributed by atoms with Gasteiger partial charge < -0.3 is 9.84 Å². The van der Waals surface area contributed by atoms with Gasteiger partial charge in [-0.3, -0.25) is 4.79 Å². The van der Waals surface area contributed by atoms with Crippen LogP contribution in [0.25, 0.3) is 0 Å². The number of nitrogens with one attached hydrogen (secondary N) is 1. The Kier molecular flexibility index (Phi) is 6.90. The molecule has 0 radical (unpaired) electrons. The lowest BCUT2D eigenvalue weighted by Crippen LogP contribution is -2.18. The second kappa shape index (κ2) is 9.15. The molecule has 0 bridgehead atoms. The average Bonchev–Trinajstić information content (AvgIpc) is 2.55. The quantitative estimate of drug-likeness (QED) is 0.441. The Morgan fingerprint density at radius 1 is 1.21 bits per heavy atom. The molecule has 0 saturated carbocycles. The number of rotatable bonds is 7. The third-order valence-electron chi connectivity index (χ3n) is 3.00. The fourth-order valence-corrected chi connectivity index (χ4v) is 2.27. The number of phenolic OH excluding ortho intramolecular Hbond substituents is 1. The Morgan fingerprint density at radius 2 is 1.96 bits per heavy atom. The highest BCUT2D eigenvalue weighted by atomic mass is 35.5. The Balaban J connectivity index is 1.67. The lowest BCUT2D eigenvalue weighted by molar-refractivity contribution is -0.121. The number of carbonyl (C=O) groups is 1. The molecule has 2 N–H and O–H groups in total. The molecule has 0 aliphatic rings. The Bertz CT molecular complexity index is 718. The van der Waals surface area contributed by atoms with Gasteiger partial charge in [0.25, 0.3) is 0 Å². The minimum atomic E-state index is -0.212. The summed E-state index contributed by atoms with van der Waals surface area (Å²) in [5.74, 6) is 0.500. The number of amides is 1. The molecular formula is C17H16Cl2N2O3. The number of benzene rings is 2. The van der Waals surface area contributed by atoms with Crippen molar-refractivity contribution in [2.45, 2.75) is 12.8 Å². The van der Waals surface area contributed by atoms with Crippen LogP contribution in [0.5, 0.6) is 11.5 Å². The average molecular weight is 367 g/mol. The van der Waals surface area contributed by atoms with E-state index < -0.39 is 0 Å². The van der Waals surface area contributed by atoms with E-state index in [2.05, 4.69) is 10.5 Å². The molecule has 0 aliphatic heterocycles. The van der Waals surface area contributed by atoms with Crippen LogP contribution in [-0.4, -0.2) is 23.8 Å². The van der Waals surface area contributed by atoms with Crippen LogP contribution in [0.4, 0.5) is 0 Å². The van der Waals surface area contributed by atoms with Crippen LogP contribution in [0.1, 0.15) is 18.4 Å². The van der Waals surface area contributed by atoms with Gasteiger partial charge in [0.2, 0.25) is 5.91 Å². The second-order valence-electron chi connectivity index (χ2n) is 4.91. The maximum absolute atomic E-state index is 11.6. The van der Waals surface area contributed by atoms with Crippen LogP contribution in [0, 0.1) is 0 Å². The van der Waals surface area contributed by atoms with Gasteiger partial charge in [0.05, 0.1) is 17.8 Å². The third-order valence-corrected chi connectivity index (χ3v) is 3.53. The fraction of sp³-hybridized carbons (Fsp3) is 0.176. The van der Waals surface area contributed by atoms with E-state index in [1.807, 2.05) is 0 Å². The molecule has 0 aliphatic carbocycles. The molecule has 0 fully saturated rings. The maximum Gasteiger partial charge on any atom is 0.240 e. The number of nitrogens with zero attached hydrogens (tertiary/aromatic N) is 1. The van der Waals surface area contributed by atoms with Crippen LogP contribution < -0.4 is 10.2 Å². The van der Waals surface area contributed by atoms with E-state index in [-0.39, 0.29) is 18.1 Å². The van der Waals surface area contributed by atoms with Crippen molar-refractivity contribution in [1.29, 1.82) is 0 Å². The van der Waals surface area contributed by atoms with Crippen molar-refractivity contribution in [2.24, 2.45) is 5.10 Å². The minimum Gasteiger partial charge on any atom is -0.508 e. The SMILES string of the molecule is O=C(CCCOc1ccc(Cl)cc1Cl)NN=Cc1ccc(O)cc1. The lowest BCUT2D eigenvalue weighted by atomic mass is 10.2.